The summed E-state index contributed by atoms with van der Waals surface area (Å²) in [5, 5.41) is 9.11. The maximum Gasteiger partial charge on any atom is 0.0830 e. The van der Waals surface area contributed by atoms with Crippen molar-refractivity contribution >= 4 is 11.4 Å². The average molecular weight is 218 g/mol. The first-order valence-electron chi connectivity index (χ1n) is 6.01. The van der Waals surface area contributed by atoms with Gasteiger partial charge in [-0.25, -0.2) is 5.43 Å². The van der Waals surface area contributed by atoms with Crippen LogP contribution in [-0.2, 0) is 0 Å². The number of benzene rings is 1. The summed E-state index contributed by atoms with van der Waals surface area (Å²) in [4.78, 5) is 0. The van der Waals surface area contributed by atoms with Gasteiger partial charge in [0.05, 0.1) is 18.0 Å². The summed E-state index contributed by atoms with van der Waals surface area (Å²) in [5.41, 5.74) is 5.95. The summed E-state index contributed by atoms with van der Waals surface area (Å²) in [5.74, 6) is 0. The van der Waals surface area contributed by atoms with Crippen molar-refractivity contribution in [2.45, 2.75) is 18.9 Å². The Morgan fingerprint density at radius 1 is 1.12 bits per heavy atom. The van der Waals surface area contributed by atoms with E-state index in [0.29, 0.717) is 6.04 Å². The molecule has 2 aliphatic rings. The number of rotatable bonds is 1. The summed E-state index contributed by atoms with van der Waals surface area (Å²) in [6, 6.07) is 9.12. The summed E-state index contributed by atoms with van der Waals surface area (Å²) < 4.78 is 0. The van der Waals surface area contributed by atoms with Gasteiger partial charge in [0.2, 0.25) is 0 Å². The highest BCUT2D eigenvalue weighted by Crippen LogP contribution is 2.29. The van der Waals surface area contributed by atoms with Gasteiger partial charge in [-0.15, -0.1) is 0 Å². The van der Waals surface area contributed by atoms with Gasteiger partial charge in [-0.3, -0.25) is 0 Å². The smallest absolute Gasteiger partial charge is 0.0830 e. The van der Waals surface area contributed by atoms with E-state index in [-0.39, 0.29) is 0 Å². The summed E-state index contributed by atoms with van der Waals surface area (Å²) in [7, 11) is 0. The van der Waals surface area contributed by atoms with Gasteiger partial charge >= 0.3 is 0 Å². The van der Waals surface area contributed by atoms with Crippen LogP contribution >= 0.6 is 0 Å². The number of hydrogen-bond donors (Lipinski definition) is 3. The second-order valence-electron chi connectivity index (χ2n) is 4.38. The lowest BCUT2D eigenvalue weighted by atomic mass is 10.0. The summed E-state index contributed by atoms with van der Waals surface area (Å²) in [6.07, 6.45) is 2.42. The molecule has 1 aromatic carbocycles. The second-order valence-corrected chi connectivity index (χ2v) is 4.38. The molecule has 0 aromatic heterocycles. The lowest BCUT2D eigenvalue weighted by Gasteiger charge is -2.40. The molecule has 0 atom stereocenters. The molecular weight excluding hydrogens is 200 g/mol. The van der Waals surface area contributed by atoms with Crippen LogP contribution in [0, 0.1) is 0 Å². The minimum Gasteiger partial charge on any atom is -0.369 e. The molecule has 2 heterocycles. The minimum absolute atomic E-state index is 0.615. The summed E-state index contributed by atoms with van der Waals surface area (Å²) >= 11 is 0. The van der Waals surface area contributed by atoms with Crippen LogP contribution in [0.25, 0.3) is 0 Å². The minimum atomic E-state index is 0.615. The van der Waals surface area contributed by atoms with E-state index in [4.69, 9.17) is 0 Å². The van der Waals surface area contributed by atoms with Crippen molar-refractivity contribution in [2.24, 2.45) is 0 Å². The molecule has 0 unspecified atom stereocenters. The number of hydrazine groups is 1. The number of nitrogens with one attached hydrogen (secondary N) is 3. The first-order chi connectivity index (χ1) is 7.95. The summed E-state index contributed by atoms with van der Waals surface area (Å²) in [6.45, 7) is 3.07. The third kappa shape index (κ3) is 1.74. The van der Waals surface area contributed by atoms with Gasteiger partial charge < -0.3 is 15.6 Å². The molecule has 1 fully saturated rings. The Hall–Kier alpha value is -1.26. The maximum atomic E-state index is 3.44. The highest BCUT2D eigenvalue weighted by atomic mass is 15.6. The van der Waals surface area contributed by atoms with Crippen LogP contribution in [0.5, 0.6) is 0 Å². The molecule has 0 saturated carbocycles. The maximum absolute atomic E-state index is 3.44. The van der Waals surface area contributed by atoms with Crippen LogP contribution in [0.2, 0.25) is 0 Å². The quantitative estimate of drug-likeness (QED) is 0.661. The Morgan fingerprint density at radius 2 is 1.94 bits per heavy atom. The molecule has 4 nitrogen and oxygen atoms in total. The van der Waals surface area contributed by atoms with E-state index in [1.165, 1.54) is 24.2 Å². The van der Waals surface area contributed by atoms with Gasteiger partial charge in [0, 0.05) is 6.04 Å². The van der Waals surface area contributed by atoms with E-state index in [1.54, 1.807) is 0 Å². The van der Waals surface area contributed by atoms with Gasteiger partial charge in [0.25, 0.3) is 0 Å². The molecule has 0 aliphatic carbocycles. The molecule has 0 spiro atoms. The van der Waals surface area contributed by atoms with Crippen molar-refractivity contribution in [3.8, 4) is 0 Å². The molecule has 4 heteroatoms. The molecule has 0 bridgehead atoms. The lowest BCUT2D eigenvalue weighted by molar-refractivity contribution is 0.400. The largest absolute Gasteiger partial charge is 0.369 e. The van der Waals surface area contributed by atoms with Crippen molar-refractivity contribution in [3.63, 3.8) is 0 Å². The highest BCUT2D eigenvalue weighted by Gasteiger charge is 2.24. The van der Waals surface area contributed by atoms with Crippen LogP contribution in [0.4, 0.5) is 11.4 Å². The average Bonchev–Trinajstić information content (AvgIpc) is 2.39. The van der Waals surface area contributed by atoms with Crippen molar-refractivity contribution in [1.82, 2.24) is 10.7 Å². The molecule has 1 aromatic rings. The lowest BCUT2D eigenvalue weighted by Crippen LogP contribution is -2.53. The molecule has 86 valence electrons. The van der Waals surface area contributed by atoms with E-state index >= 15 is 0 Å². The second kappa shape index (κ2) is 4.31. The Kier molecular flexibility index (Phi) is 2.68. The highest BCUT2D eigenvalue weighted by molar-refractivity contribution is 5.71. The number of nitrogens with zero attached hydrogens (tertiary/aromatic N) is 1. The molecule has 1 saturated heterocycles. The predicted molar refractivity (Wildman–Crippen MR) is 66.4 cm³/mol. The van der Waals surface area contributed by atoms with Crippen LogP contribution < -0.4 is 21.1 Å². The van der Waals surface area contributed by atoms with Gasteiger partial charge in [-0.1, -0.05) is 12.1 Å². The topological polar surface area (TPSA) is 39.3 Å². The van der Waals surface area contributed by atoms with Gasteiger partial charge in [-0.2, -0.15) is 0 Å². The molecule has 16 heavy (non-hydrogen) atoms. The first-order valence-corrected chi connectivity index (χ1v) is 6.01. The standard InChI is InChI=1S/C12H18N4/c1-2-4-12-11(3-1)14-9-15-16(12)10-5-7-13-8-6-10/h1-4,10,13-15H,5-9H2. The third-order valence-electron chi connectivity index (χ3n) is 3.37. The number of piperidine rings is 1. The van der Waals surface area contributed by atoms with E-state index in [9.17, 15) is 0 Å². The Labute approximate surface area is 96.0 Å². The van der Waals surface area contributed by atoms with E-state index in [2.05, 4.69) is 45.3 Å². The fraction of sp³-hybridized carbons (Fsp3) is 0.500. The number of para-hydroxylation sites is 2. The molecule has 0 amide bonds. The molecule has 3 rings (SSSR count). The fourth-order valence-electron chi connectivity index (χ4n) is 2.53. The Bertz CT molecular complexity index is 360. The monoisotopic (exact) mass is 218 g/mol. The normalized spacial score (nSPS) is 21.4. The zero-order valence-corrected chi connectivity index (χ0v) is 9.37. The van der Waals surface area contributed by atoms with Crippen molar-refractivity contribution in [3.05, 3.63) is 24.3 Å². The van der Waals surface area contributed by atoms with Gasteiger partial charge in [-0.05, 0) is 38.1 Å². The number of fused-ring (bicyclic) bond motifs is 1. The Balaban J connectivity index is 1.86. The van der Waals surface area contributed by atoms with Crippen LogP contribution in [0.15, 0.2) is 24.3 Å². The predicted octanol–water partition coefficient (Wildman–Crippen LogP) is 1.13. The zero-order chi connectivity index (χ0) is 10.8. The Morgan fingerprint density at radius 3 is 2.81 bits per heavy atom. The number of anilines is 2. The SMILES string of the molecule is c1ccc2c(c1)NCNN2C1CCNCC1. The van der Waals surface area contributed by atoms with E-state index < -0.39 is 0 Å². The van der Waals surface area contributed by atoms with Gasteiger partial charge in [0.15, 0.2) is 0 Å². The fourth-order valence-corrected chi connectivity index (χ4v) is 2.53. The van der Waals surface area contributed by atoms with Crippen molar-refractivity contribution in [1.29, 1.82) is 0 Å². The molecule has 0 radical (unpaired) electrons. The van der Waals surface area contributed by atoms with Crippen LogP contribution in [-0.4, -0.2) is 25.8 Å². The molecular formula is C12H18N4. The van der Waals surface area contributed by atoms with Gasteiger partial charge in [0.1, 0.15) is 0 Å². The van der Waals surface area contributed by atoms with E-state index in [1.807, 2.05) is 0 Å². The third-order valence-corrected chi connectivity index (χ3v) is 3.37. The molecule has 2 aliphatic heterocycles. The number of hydrogen-bond acceptors (Lipinski definition) is 4. The van der Waals surface area contributed by atoms with E-state index in [0.717, 1.165) is 19.8 Å². The van der Waals surface area contributed by atoms with Crippen molar-refractivity contribution < 1.29 is 0 Å². The van der Waals surface area contributed by atoms with Crippen LogP contribution in [0.3, 0.4) is 0 Å². The van der Waals surface area contributed by atoms with Crippen LogP contribution in [0.1, 0.15) is 12.8 Å². The van der Waals surface area contributed by atoms with Crippen molar-refractivity contribution in [2.75, 3.05) is 30.1 Å². The zero-order valence-electron chi connectivity index (χ0n) is 9.37. The molecule has 3 N–H and O–H groups in total. The first kappa shape index (κ1) is 9.93.